The third kappa shape index (κ3) is 6.39. The maximum Gasteiger partial charge on any atom is 0.402 e. The summed E-state index contributed by atoms with van der Waals surface area (Å²) in [7, 11) is -4.35. The number of rotatable bonds is 7. The molecular formula is C20H16F3N3O4S2. The number of benzene rings is 2. The van der Waals surface area contributed by atoms with E-state index < -0.39 is 28.7 Å². The lowest BCUT2D eigenvalue weighted by molar-refractivity contribution is -0.121. The first-order valence-corrected chi connectivity index (χ1v) is 11.3. The van der Waals surface area contributed by atoms with E-state index in [1.807, 2.05) is 0 Å². The second-order valence-corrected chi connectivity index (χ2v) is 9.15. The molecule has 1 aromatic heterocycles. The van der Waals surface area contributed by atoms with Crippen LogP contribution < -0.4 is 15.4 Å². The fourth-order valence-electron chi connectivity index (χ4n) is 2.52. The average molecular weight is 483 g/mol. The highest BCUT2D eigenvalue weighted by Crippen LogP contribution is 2.19. The van der Waals surface area contributed by atoms with Gasteiger partial charge in [0.05, 0.1) is 9.77 Å². The Morgan fingerprint density at radius 3 is 2.19 bits per heavy atom. The highest BCUT2D eigenvalue weighted by atomic mass is 32.2. The summed E-state index contributed by atoms with van der Waals surface area (Å²) in [6, 6.07) is 14.3. The molecule has 2 amide bonds. The Morgan fingerprint density at radius 1 is 0.875 bits per heavy atom. The first kappa shape index (κ1) is 23.4. The van der Waals surface area contributed by atoms with Gasteiger partial charge in [0.1, 0.15) is 6.54 Å². The number of anilines is 2. The molecule has 0 fully saturated rings. The van der Waals surface area contributed by atoms with Crippen molar-refractivity contribution in [3.05, 3.63) is 76.5 Å². The molecular weight excluding hydrogens is 467 g/mol. The van der Waals surface area contributed by atoms with Crippen LogP contribution in [0.1, 0.15) is 20.0 Å². The molecule has 0 atom stereocenters. The molecule has 12 heteroatoms. The fourth-order valence-corrected chi connectivity index (χ4v) is 4.15. The molecule has 0 spiro atoms. The van der Waals surface area contributed by atoms with Gasteiger partial charge in [-0.15, -0.1) is 11.3 Å². The second kappa shape index (κ2) is 9.51. The lowest BCUT2D eigenvalue weighted by Gasteiger charge is -2.11. The van der Waals surface area contributed by atoms with Crippen molar-refractivity contribution in [2.24, 2.45) is 0 Å². The van der Waals surface area contributed by atoms with Crippen LogP contribution in [0.2, 0.25) is 0 Å². The summed E-state index contributed by atoms with van der Waals surface area (Å²) >= 11 is 1.28. The van der Waals surface area contributed by atoms with Crippen molar-refractivity contribution in [2.75, 3.05) is 17.2 Å². The predicted molar refractivity (Wildman–Crippen MR) is 114 cm³/mol. The minimum Gasteiger partial charge on any atom is -0.322 e. The zero-order valence-electron chi connectivity index (χ0n) is 16.1. The fraction of sp³-hybridized carbons (Fsp3) is 0.100. The van der Waals surface area contributed by atoms with Gasteiger partial charge in [-0.25, -0.2) is 13.1 Å². The van der Waals surface area contributed by atoms with Crippen molar-refractivity contribution in [1.82, 2.24) is 4.72 Å². The van der Waals surface area contributed by atoms with E-state index in [-0.39, 0.29) is 22.1 Å². The summed E-state index contributed by atoms with van der Waals surface area (Å²) in [5.74, 6) is -0.837. The largest absolute Gasteiger partial charge is 0.402 e. The quantitative estimate of drug-likeness (QED) is 0.471. The van der Waals surface area contributed by atoms with Crippen molar-refractivity contribution >= 4 is 44.5 Å². The van der Waals surface area contributed by atoms with Gasteiger partial charge < -0.3 is 10.6 Å². The molecule has 0 unspecified atom stereocenters. The Bertz CT molecular complexity index is 1210. The first-order valence-electron chi connectivity index (χ1n) is 8.96. The minimum atomic E-state index is -4.68. The standard InChI is InChI=1S/C20H16F3N3O4S2/c21-20(22,23)12-24-32(29,30)16-8-6-14(7-9-16)25-18(27)13-3-1-4-15(11-13)26-19(28)17-5-2-10-31-17/h1-11,24H,12H2,(H,25,27)(H,26,28). The van der Waals surface area contributed by atoms with Crippen molar-refractivity contribution in [3.8, 4) is 0 Å². The monoisotopic (exact) mass is 483 g/mol. The van der Waals surface area contributed by atoms with Crippen molar-refractivity contribution in [3.63, 3.8) is 0 Å². The summed E-state index contributed by atoms with van der Waals surface area (Å²) in [4.78, 5) is 24.8. The number of carbonyl (C=O) groups excluding carboxylic acids is 2. The Labute approximate surface area is 185 Å². The number of halogens is 3. The number of sulfonamides is 1. The van der Waals surface area contributed by atoms with E-state index in [4.69, 9.17) is 0 Å². The molecule has 1 heterocycles. The Morgan fingerprint density at radius 2 is 1.56 bits per heavy atom. The van der Waals surface area contributed by atoms with Crippen LogP contribution in [0.5, 0.6) is 0 Å². The van der Waals surface area contributed by atoms with Gasteiger partial charge in [-0.2, -0.15) is 13.2 Å². The second-order valence-electron chi connectivity index (χ2n) is 6.43. The molecule has 3 N–H and O–H groups in total. The van der Waals surface area contributed by atoms with E-state index >= 15 is 0 Å². The van der Waals surface area contributed by atoms with Gasteiger partial charge >= 0.3 is 6.18 Å². The van der Waals surface area contributed by atoms with Crippen LogP contribution in [-0.2, 0) is 10.0 Å². The summed E-state index contributed by atoms with van der Waals surface area (Å²) in [6.07, 6.45) is -4.68. The van der Waals surface area contributed by atoms with Gasteiger partial charge in [-0.3, -0.25) is 9.59 Å². The number of hydrogen-bond donors (Lipinski definition) is 3. The van der Waals surface area contributed by atoms with Crippen LogP contribution in [0.15, 0.2) is 70.9 Å². The van der Waals surface area contributed by atoms with E-state index in [1.54, 1.807) is 29.6 Å². The van der Waals surface area contributed by atoms with Crippen molar-refractivity contribution in [2.45, 2.75) is 11.1 Å². The lowest BCUT2D eigenvalue weighted by Crippen LogP contribution is -2.33. The maximum absolute atomic E-state index is 12.5. The third-order valence-electron chi connectivity index (χ3n) is 4.01. The van der Waals surface area contributed by atoms with E-state index in [2.05, 4.69) is 10.6 Å². The normalized spacial score (nSPS) is 11.7. The highest BCUT2D eigenvalue weighted by Gasteiger charge is 2.30. The van der Waals surface area contributed by atoms with Crippen LogP contribution in [-0.4, -0.2) is 33.0 Å². The molecule has 0 radical (unpaired) electrons. The molecule has 0 aliphatic carbocycles. The summed E-state index contributed by atoms with van der Waals surface area (Å²) in [5, 5.41) is 7.01. The molecule has 0 saturated carbocycles. The number of thiophene rings is 1. The maximum atomic E-state index is 12.5. The minimum absolute atomic E-state index is 0.234. The zero-order chi connectivity index (χ0) is 23.4. The summed E-state index contributed by atoms with van der Waals surface area (Å²) < 4.78 is 62.0. The van der Waals surface area contributed by atoms with Gasteiger partial charge in [-0.05, 0) is 53.9 Å². The van der Waals surface area contributed by atoms with Crippen LogP contribution in [0.25, 0.3) is 0 Å². The summed E-state index contributed by atoms with van der Waals surface area (Å²) in [5.41, 5.74) is 0.878. The van der Waals surface area contributed by atoms with E-state index in [1.165, 1.54) is 40.3 Å². The van der Waals surface area contributed by atoms with Gasteiger partial charge in [0.2, 0.25) is 10.0 Å². The number of nitrogens with one attached hydrogen (secondary N) is 3. The number of amides is 2. The predicted octanol–water partition coefficient (Wildman–Crippen LogP) is 4.09. The Balaban J connectivity index is 1.65. The van der Waals surface area contributed by atoms with Crippen molar-refractivity contribution in [1.29, 1.82) is 0 Å². The first-order chi connectivity index (χ1) is 15.0. The van der Waals surface area contributed by atoms with Crippen LogP contribution in [0.3, 0.4) is 0 Å². The van der Waals surface area contributed by atoms with Crippen molar-refractivity contribution < 1.29 is 31.2 Å². The third-order valence-corrected chi connectivity index (χ3v) is 6.30. The van der Waals surface area contributed by atoms with Crippen LogP contribution in [0.4, 0.5) is 24.5 Å². The average Bonchev–Trinajstić information content (AvgIpc) is 3.28. The molecule has 0 aliphatic rings. The van der Waals surface area contributed by atoms with Gasteiger partial charge in [0.15, 0.2) is 0 Å². The SMILES string of the molecule is O=C(Nc1ccc(S(=O)(=O)NCC(F)(F)F)cc1)c1cccc(NC(=O)c2cccs2)c1. The molecule has 0 aliphatic heterocycles. The number of carbonyl (C=O) groups is 2. The summed E-state index contributed by atoms with van der Waals surface area (Å²) in [6.45, 7) is -1.69. The smallest absolute Gasteiger partial charge is 0.322 e. The van der Waals surface area contributed by atoms with Gasteiger partial charge in [0.25, 0.3) is 11.8 Å². The van der Waals surface area contributed by atoms with E-state index in [0.29, 0.717) is 10.6 Å². The van der Waals surface area contributed by atoms with Crippen LogP contribution >= 0.6 is 11.3 Å². The highest BCUT2D eigenvalue weighted by molar-refractivity contribution is 7.89. The molecule has 0 bridgehead atoms. The molecule has 3 rings (SSSR count). The molecule has 3 aromatic rings. The topological polar surface area (TPSA) is 104 Å². The molecule has 2 aromatic carbocycles. The van der Waals surface area contributed by atoms with Gasteiger partial charge in [0, 0.05) is 16.9 Å². The molecule has 7 nitrogen and oxygen atoms in total. The molecule has 168 valence electrons. The number of hydrogen-bond acceptors (Lipinski definition) is 5. The molecule has 32 heavy (non-hydrogen) atoms. The van der Waals surface area contributed by atoms with Gasteiger partial charge in [-0.1, -0.05) is 12.1 Å². The lowest BCUT2D eigenvalue weighted by atomic mass is 10.1. The van der Waals surface area contributed by atoms with Crippen LogP contribution in [0, 0.1) is 0 Å². The molecule has 0 saturated heterocycles. The Kier molecular flexibility index (Phi) is 6.96. The Hall–Kier alpha value is -3.22. The van der Waals surface area contributed by atoms with E-state index in [9.17, 15) is 31.2 Å². The van der Waals surface area contributed by atoms with E-state index in [0.717, 1.165) is 12.1 Å². The number of alkyl halides is 3. The zero-order valence-corrected chi connectivity index (χ0v) is 17.8.